The fraction of sp³-hybridized carbons (Fsp3) is 0.652. The van der Waals surface area contributed by atoms with Crippen molar-refractivity contribution in [1.29, 1.82) is 0 Å². The van der Waals surface area contributed by atoms with Crippen molar-refractivity contribution in [2.24, 2.45) is 11.3 Å². The number of benzene rings is 1. The van der Waals surface area contributed by atoms with E-state index in [2.05, 4.69) is 5.32 Å². The highest BCUT2D eigenvalue weighted by molar-refractivity contribution is 7.89. The highest BCUT2D eigenvalue weighted by Crippen LogP contribution is 2.31. The van der Waals surface area contributed by atoms with Crippen molar-refractivity contribution in [2.75, 3.05) is 38.1 Å². The van der Waals surface area contributed by atoms with Gasteiger partial charge in [0.05, 0.1) is 12.5 Å². The topological polar surface area (TPSA) is 96.0 Å². The van der Waals surface area contributed by atoms with E-state index in [0.717, 1.165) is 6.42 Å². The van der Waals surface area contributed by atoms with Crippen LogP contribution in [0, 0.1) is 11.3 Å². The Hall–Kier alpha value is -2.13. The summed E-state index contributed by atoms with van der Waals surface area (Å²) in [5.41, 5.74) is -0.107. The molecule has 1 aromatic rings. The number of ether oxygens (including phenoxy) is 1. The second-order valence-electron chi connectivity index (χ2n) is 9.01. The van der Waals surface area contributed by atoms with Crippen molar-refractivity contribution in [3.63, 3.8) is 0 Å². The maximum atomic E-state index is 13.1. The third kappa shape index (κ3) is 6.01. The minimum atomic E-state index is -3.77. The second kappa shape index (κ2) is 10.7. The molecule has 1 aliphatic rings. The lowest BCUT2D eigenvalue weighted by Gasteiger charge is -2.35. The number of rotatable bonds is 8. The molecule has 0 saturated carbocycles. The quantitative estimate of drug-likeness (QED) is 0.633. The van der Waals surface area contributed by atoms with E-state index >= 15 is 0 Å². The van der Waals surface area contributed by atoms with Gasteiger partial charge in [0.1, 0.15) is 10.6 Å². The first-order valence-corrected chi connectivity index (χ1v) is 12.8. The Morgan fingerprint density at radius 1 is 1.19 bits per heavy atom. The highest BCUT2D eigenvalue weighted by atomic mass is 32.2. The van der Waals surface area contributed by atoms with Crippen LogP contribution in [0.15, 0.2) is 23.1 Å². The molecule has 0 aliphatic carbocycles. The minimum absolute atomic E-state index is 0.0312. The van der Waals surface area contributed by atoms with E-state index in [-0.39, 0.29) is 28.4 Å². The number of nitrogens with one attached hydrogen (secondary N) is 1. The van der Waals surface area contributed by atoms with Crippen molar-refractivity contribution in [2.45, 2.75) is 59.3 Å². The van der Waals surface area contributed by atoms with E-state index in [4.69, 9.17) is 4.74 Å². The highest BCUT2D eigenvalue weighted by Gasteiger charge is 2.34. The summed E-state index contributed by atoms with van der Waals surface area (Å²) in [7, 11) is -3.77. The van der Waals surface area contributed by atoms with E-state index in [0.29, 0.717) is 44.9 Å². The fourth-order valence-corrected chi connectivity index (χ4v) is 5.47. The first-order valence-electron chi connectivity index (χ1n) is 11.3. The average Bonchev–Trinajstić information content (AvgIpc) is 2.74. The lowest BCUT2D eigenvalue weighted by atomic mass is 9.91. The van der Waals surface area contributed by atoms with Gasteiger partial charge in [-0.1, -0.05) is 34.6 Å². The summed E-state index contributed by atoms with van der Waals surface area (Å²) >= 11 is 0. The molecule has 1 aromatic carbocycles. The largest absolute Gasteiger partial charge is 0.492 e. The third-order valence-electron chi connectivity index (χ3n) is 5.56. The molecule has 180 valence electrons. The predicted octanol–water partition coefficient (Wildman–Crippen LogP) is 3.34. The Bertz CT molecular complexity index is 920. The number of sulfonamides is 1. The van der Waals surface area contributed by atoms with E-state index in [1.54, 1.807) is 37.8 Å². The van der Waals surface area contributed by atoms with Gasteiger partial charge < -0.3 is 15.0 Å². The van der Waals surface area contributed by atoms with Gasteiger partial charge in [-0.3, -0.25) is 9.59 Å². The summed E-state index contributed by atoms with van der Waals surface area (Å²) in [6.45, 7) is 13.0. The van der Waals surface area contributed by atoms with Gasteiger partial charge in [-0.2, -0.15) is 4.31 Å². The molecule has 1 atom stereocenters. The lowest BCUT2D eigenvalue weighted by molar-refractivity contribution is -0.142. The van der Waals surface area contributed by atoms with Gasteiger partial charge in [-0.15, -0.1) is 0 Å². The maximum absolute atomic E-state index is 13.1. The van der Waals surface area contributed by atoms with Crippen molar-refractivity contribution < 1.29 is 22.7 Å². The van der Waals surface area contributed by atoms with Crippen LogP contribution in [0.3, 0.4) is 0 Å². The van der Waals surface area contributed by atoms with E-state index < -0.39 is 15.4 Å². The number of carbonyl (C=O) groups excluding carboxylic acids is 2. The lowest BCUT2D eigenvalue weighted by Crippen LogP contribution is -2.47. The number of anilines is 1. The van der Waals surface area contributed by atoms with Gasteiger partial charge in [-0.25, -0.2) is 8.42 Å². The van der Waals surface area contributed by atoms with Crippen LogP contribution < -0.4 is 10.1 Å². The molecule has 1 fully saturated rings. The molecule has 1 unspecified atom stereocenters. The number of likely N-dealkylation sites (tertiary alicyclic amines) is 1. The summed E-state index contributed by atoms with van der Waals surface area (Å²) < 4.78 is 33.2. The smallest absolute Gasteiger partial charge is 0.246 e. The Balaban J connectivity index is 2.25. The van der Waals surface area contributed by atoms with Gasteiger partial charge in [0.15, 0.2) is 0 Å². The fourth-order valence-electron chi connectivity index (χ4n) is 3.86. The Kier molecular flexibility index (Phi) is 8.70. The number of hydrogen-bond acceptors (Lipinski definition) is 5. The van der Waals surface area contributed by atoms with Gasteiger partial charge in [0.25, 0.3) is 0 Å². The standard InChI is InChI=1S/C23H37N3O5S/c1-7-26(8-2)32(29,30)20-15-18(12-13-19(20)31-9-3)24-21(27)17-11-10-14-25(16-17)22(28)23(4,5)6/h12-13,15,17H,7-11,14,16H2,1-6H3,(H,24,27). The minimum Gasteiger partial charge on any atom is -0.492 e. The molecule has 1 saturated heterocycles. The SMILES string of the molecule is CCOc1ccc(NC(=O)C2CCCN(C(=O)C(C)(C)C)C2)cc1S(=O)(=O)N(CC)CC. The Labute approximate surface area is 192 Å². The van der Waals surface area contributed by atoms with Crippen molar-refractivity contribution in [1.82, 2.24) is 9.21 Å². The molecule has 9 heteroatoms. The molecule has 1 aliphatic heterocycles. The molecule has 0 radical (unpaired) electrons. The normalized spacial score (nSPS) is 17.3. The first-order chi connectivity index (χ1) is 14.9. The van der Waals surface area contributed by atoms with E-state index in [9.17, 15) is 18.0 Å². The van der Waals surface area contributed by atoms with Crippen LogP contribution in [0.25, 0.3) is 0 Å². The van der Waals surface area contributed by atoms with Gasteiger partial charge in [-0.05, 0) is 38.0 Å². The van der Waals surface area contributed by atoms with Crippen LogP contribution in [0.4, 0.5) is 5.69 Å². The zero-order valence-electron chi connectivity index (χ0n) is 20.1. The molecular formula is C23H37N3O5S. The molecule has 0 bridgehead atoms. The summed E-state index contributed by atoms with van der Waals surface area (Å²) in [6.07, 6.45) is 1.44. The molecule has 1 heterocycles. The van der Waals surface area contributed by atoms with Crippen LogP contribution in [0.2, 0.25) is 0 Å². The Morgan fingerprint density at radius 3 is 2.41 bits per heavy atom. The number of nitrogens with zero attached hydrogens (tertiary/aromatic N) is 2. The first kappa shape index (κ1) is 26.1. The van der Waals surface area contributed by atoms with E-state index in [1.807, 2.05) is 20.8 Å². The molecule has 32 heavy (non-hydrogen) atoms. The zero-order valence-corrected chi connectivity index (χ0v) is 20.9. The van der Waals surface area contributed by atoms with Crippen LogP contribution in [-0.2, 0) is 19.6 Å². The second-order valence-corrected chi connectivity index (χ2v) is 10.9. The third-order valence-corrected chi connectivity index (χ3v) is 7.63. The molecule has 8 nitrogen and oxygen atoms in total. The van der Waals surface area contributed by atoms with Gasteiger partial charge in [0.2, 0.25) is 21.8 Å². The molecule has 2 rings (SSSR count). The summed E-state index contributed by atoms with van der Waals surface area (Å²) in [6, 6.07) is 4.67. The van der Waals surface area contributed by atoms with Gasteiger partial charge in [0, 0.05) is 37.3 Å². The predicted molar refractivity (Wildman–Crippen MR) is 125 cm³/mol. The Morgan fingerprint density at radius 2 is 1.84 bits per heavy atom. The summed E-state index contributed by atoms with van der Waals surface area (Å²) in [5, 5.41) is 2.85. The van der Waals surface area contributed by atoms with Crippen LogP contribution in [0.1, 0.15) is 54.4 Å². The van der Waals surface area contributed by atoms with Crippen LogP contribution in [-0.4, -0.2) is 62.2 Å². The maximum Gasteiger partial charge on any atom is 0.246 e. The molecule has 2 amide bonds. The van der Waals surface area contributed by atoms with Crippen molar-refractivity contribution >= 4 is 27.5 Å². The van der Waals surface area contributed by atoms with Crippen LogP contribution >= 0.6 is 0 Å². The number of piperidine rings is 1. The monoisotopic (exact) mass is 467 g/mol. The van der Waals surface area contributed by atoms with Crippen LogP contribution in [0.5, 0.6) is 5.75 Å². The summed E-state index contributed by atoms with van der Waals surface area (Å²) in [4.78, 5) is 27.4. The molecule has 0 spiro atoms. The van der Waals surface area contributed by atoms with E-state index in [1.165, 1.54) is 10.4 Å². The number of carbonyl (C=O) groups is 2. The van der Waals surface area contributed by atoms with Crippen molar-refractivity contribution in [3.05, 3.63) is 18.2 Å². The van der Waals surface area contributed by atoms with Crippen molar-refractivity contribution in [3.8, 4) is 5.75 Å². The average molecular weight is 468 g/mol. The molecule has 1 N–H and O–H groups in total. The summed E-state index contributed by atoms with van der Waals surface area (Å²) in [5.74, 6) is -0.267. The number of hydrogen-bond donors (Lipinski definition) is 1. The molecule has 0 aromatic heterocycles. The number of amides is 2. The molecular weight excluding hydrogens is 430 g/mol. The zero-order chi connectivity index (χ0) is 24.1. The van der Waals surface area contributed by atoms with Gasteiger partial charge >= 0.3 is 0 Å².